The summed E-state index contributed by atoms with van der Waals surface area (Å²) in [5.74, 6) is 0.360. The minimum absolute atomic E-state index is 0.0494. The lowest BCUT2D eigenvalue weighted by Gasteiger charge is -2.22. The molecule has 7 nitrogen and oxygen atoms in total. The highest BCUT2D eigenvalue weighted by Crippen LogP contribution is 2.26. The molecule has 3 aromatic rings. The third-order valence-electron chi connectivity index (χ3n) is 5.01. The Hall–Kier alpha value is -2.55. The number of amides is 2. The van der Waals surface area contributed by atoms with Crippen molar-refractivity contribution in [1.82, 2.24) is 20.1 Å². The number of anilines is 1. The normalized spacial score (nSPS) is 12.0. The maximum absolute atomic E-state index is 12.8. The number of aromatic nitrogens is 3. The van der Waals surface area contributed by atoms with Gasteiger partial charge in [-0.05, 0) is 48.7 Å². The Labute approximate surface area is 207 Å². The van der Waals surface area contributed by atoms with Gasteiger partial charge < -0.3 is 15.2 Å². The van der Waals surface area contributed by atoms with Crippen molar-refractivity contribution in [3.05, 3.63) is 69.5 Å². The van der Waals surface area contributed by atoms with E-state index in [1.807, 2.05) is 27.8 Å². The topological polar surface area (TPSA) is 88.9 Å². The van der Waals surface area contributed by atoms with Gasteiger partial charge in [-0.2, -0.15) is 0 Å². The molecule has 2 amide bonds. The molecule has 0 aliphatic carbocycles. The number of carbonyl (C=O) groups is 2. The molecular formula is C23H25Cl2N5O2S. The summed E-state index contributed by atoms with van der Waals surface area (Å²) < 4.78 is 1.79. The van der Waals surface area contributed by atoms with Gasteiger partial charge in [-0.1, -0.05) is 60.9 Å². The highest BCUT2D eigenvalue weighted by Gasteiger charge is 2.26. The first kappa shape index (κ1) is 25.1. The van der Waals surface area contributed by atoms with Gasteiger partial charge in [0.1, 0.15) is 0 Å². The van der Waals surface area contributed by atoms with Crippen LogP contribution in [-0.4, -0.2) is 32.3 Å². The summed E-state index contributed by atoms with van der Waals surface area (Å²) in [6.45, 7) is 5.86. The van der Waals surface area contributed by atoms with Crippen molar-refractivity contribution in [1.29, 1.82) is 0 Å². The minimum Gasteiger partial charge on any atom is -0.342 e. The third kappa shape index (κ3) is 6.28. The summed E-state index contributed by atoms with van der Waals surface area (Å²) in [4.78, 5) is 25.2. The first-order valence-electron chi connectivity index (χ1n) is 10.3. The van der Waals surface area contributed by atoms with Crippen LogP contribution in [0.2, 0.25) is 10.0 Å². The van der Waals surface area contributed by atoms with Crippen molar-refractivity contribution in [3.63, 3.8) is 0 Å². The molecule has 0 bridgehead atoms. The molecule has 174 valence electrons. The van der Waals surface area contributed by atoms with Crippen LogP contribution in [0.15, 0.2) is 47.6 Å². The number of rotatable bonds is 8. The highest BCUT2D eigenvalue weighted by molar-refractivity contribution is 7.99. The minimum atomic E-state index is -0.383. The maximum Gasteiger partial charge on any atom is 0.253 e. The second kappa shape index (κ2) is 11.0. The molecule has 33 heavy (non-hydrogen) atoms. The number of halogens is 2. The van der Waals surface area contributed by atoms with Gasteiger partial charge in [0.25, 0.3) is 5.91 Å². The highest BCUT2D eigenvalue weighted by atomic mass is 35.5. The average molecular weight is 506 g/mol. The summed E-state index contributed by atoms with van der Waals surface area (Å²) in [5.41, 5.74) is 2.00. The van der Waals surface area contributed by atoms with Crippen LogP contribution in [-0.2, 0) is 11.8 Å². The van der Waals surface area contributed by atoms with Crippen molar-refractivity contribution in [2.75, 3.05) is 11.1 Å². The van der Waals surface area contributed by atoms with E-state index in [-0.39, 0.29) is 29.5 Å². The van der Waals surface area contributed by atoms with Gasteiger partial charge in [-0.15, -0.1) is 10.2 Å². The van der Waals surface area contributed by atoms with Gasteiger partial charge >= 0.3 is 0 Å². The van der Waals surface area contributed by atoms with Crippen LogP contribution >= 0.6 is 35.0 Å². The van der Waals surface area contributed by atoms with E-state index in [1.54, 1.807) is 47.0 Å². The Kier molecular flexibility index (Phi) is 8.40. The Morgan fingerprint density at radius 2 is 1.85 bits per heavy atom. The molecule has 1 atom stereocenters. The van der Waals surface area contributed by atoms with Crippen LogP contribution in [0.3, 0.4) is 0 Å². The fourth-order valence-corrected chi connectivity index (χ4v) is 4.37. The molecule has 0 saturated heterocycles. The molecule has 0 aliphatic heterocycles. The summed E-state index contributed by atoms with van der Waals surface area (Å²) in [6.07, 6.45) is 0. The van der Waals surface area contributed by atoms with Crippen molar-refractivity contribution in [2.45, 2.75) is 32.0 Å². The first-order chi connectivity index (χ1) is 15.7. The van der Waals surface area contributed by atoms with Crippen LogP contribution in [0.1, 0.15) is 41.6 Å². The Balaban J connectivity index is 1.68. The zero-order valence-electron chi connectivity index (χ0n) is 18.7. The quantitative estimate of drug-likeness (QED) is 0.406. The van der Waals surface area contributed by atoms with E-state index in [9.17, 15) is 9.59 Å². The Morgan fingerprint density at radius 3 is 2.52 bits per heavy atom. The largest absolute Gasteiger partial charge is 0.342 e. The van der Waals surface area contributed by atoms with E-state index in [0.29, 0.717) is 32.3 Å². The molecule has 0 aliphatic rings. The zero-order valence-corrected chi connectivity index (χ0v) is 21.1. The maximum atomic E-state index is 12.8. The van der Waals surface area contributed by atoms with Crippen molar-refractivity contribution < 1.29 is 9.59 Å². The third-order valence-corrected chi connectivity index (χ3v) is 6.60. The van der Waals surface area contributed by atoms with Crippen LogP contribution in [0, 0.1) is 12.8 Å². The number of carbonyl (C=O) groups excluding carboxylic acids is 2. The SMILES string of the molecule is Cc1cc(Cl)ccc1NC(=O)CSc1nnc([C@@H](NC(=O)c2ccccc2Cl)C(C)C)n1C. The van der Waals surface area contributed by atoms with Crippen LogP contribution < -0.4 is 10.6 Å². The Morgan fingerprint density at radius 1 is 1.12 bits per heavy atom. The van der Waals surface area contributed by atoms with Gasteiger partial charge in [0.2, 0.25) is 5.91 Å². The van der Waals surface area contributed by atoms with Crippen molar-refractivity contribution in [2.24, 2.45) is 13.0 Å². The lowest BCUT2D eigenvalue weighted by Crippen LogP contribution is -2.33. The molecule has 1 aromatic heterocycles. The predicted molar refractivity (Wildman–Crippen MR) is 133 cm³/mol. The average Bonchev–Trinajstić information content (AvgIpc) is 3.12. The summed E-state index contributed by atoms with van der Waals surface area (Å²) in [7, 11) is 1.82. The second-order valence-corrected chi connectivity index (χ2v) is 9.66. The van der Waals surface area contributed by atoms with E-state index < -0.39 is 0 Å². The van der Waals surface area contributed by atoms with E-state index in [1.165, 1.54) is 11.8 Å². The molecule has 0 fully saturated rings. The van der Waals surface area contributed by atoms with Crippen LogP contribution in [0.5, 0.6) is 0 Å². The van der Waals surface area contributed by atoms with Gasteiger partial charge in [0.05, 0.1) is 22.4 Å². The second-order valence-electron chi connectivity index (χ2n) is 7.87. The fourth-order valence-electron chi connectivity index (χ4n) is 3.20. The molecule has 0 saturated carbocycles. The number of aryl methyl sites for hydroxylation is 1. The molecule has 0 unspecified atom stereocenters. The van der Waals surface area contributed by atoms with Gasteiger partial charge in [0.15, 0.2) is 11.0 Å². The first-order valence-corrected chi connectivity index (χ1v) is 12.0. The molecule has 0 spiro atoms. The summed E-state index contributed by atoms with van der Waals surface area (Å²) >= 11 is 13.4. The number of nitrogens with one attached hydrogen (secondary N) is 2. The van der Waals surface area contributed by atoms with E-state index in [4.69, 9.17) is 23.2 Å². The number of thioether (sulfide) groups is 1. The molecule has 10 heteroatoms. The van der Waals surface area contributed by atoms with Crippen molar-refractivity contribution in [3.8, 4) is 0 Å². The smallest absolute Gasteiger partial charge is 0.253 e. The number of nitrogens with zero attached hydrogens (tertiary/aromatic N) is 3. The molecule has 2 N–H and O–H groups in total. The predicted octanol–water partition coefficient (Wildman–Crippen LogP) is 5.29. The summed E-state index contributed by atoms with van der Waals surface area (Å²) in [6, 6.07) is 11.8. The molecule has 0 radical (unpaired) electrons. The molecular weight excluding hydrogens is 481 g/mol. The standard InChI is InChI=1S/C23H25Cl2N5O2S/c1-13(2)20(27-22(32)16-7-5-6-8-17(16)25)21-28-29-23(30(21)4)33-12-19(31)26-18-10-9-15(24)11-14(18)3/h5-11,13,20H,12H2,1-4H3,(H,26,31)(H,27,32)/t20-/m0/s1. The lowest BCUT2D eigenvalue weighted by molar-refractivity contribution is -0.113. The van der Waals surface area contributed by atoms with Gasteiger partial charge in [-0.3, -0.25) is 9.59 Å². The molecule has 3 rings (SSSR count). The lowest BCUT2D eigenvalue weighted by atomic mass is 10.0. The van der Waals surface area contributed by atoms with E-state index >= 15 is 0 Å². The van der Waals surface area contributed by atoms with E-state index in [2.05, 4.69) is 20.8 Å². The number of hydrogen-bond donors (Lipinski definition) is 2. The number of benzene rings is 2. The van der Waals surface area contributed by atoms with Gasteiger partial charge in [0, 0.05) is 17.8 Å². The molecule has 2 aromatic carbocycles. The fraction of sp³-hybridized carbons (Fsp3) is 0.304. The van der Waals surface area contributed by atoms with Crippen LogP contribution in [0.25, 0.3) is 0 Å². The van der Waals surface area contributed by atoms with Crippen LogP contribution in [0.4, 0.5) is 5.69 Å². The molecule has 1 heterocycles. The van der Waals surface area contributed by atoms with Gasteiger partial charge in [-0.25, -0.2) is 0 Å². The monoisotopic (exact) mass is 505 g/mol. The Bertz CT molecular complexity index is 1170. The van der Waals surface area contributed by atoms with E-state index in [0.717, 1.165) is 5.56 Å². The van der Waals surface area contributed by atoms with Crippen molar-refractivity contribution >= 4 is 52.5 Å². The summed E-state index contributed by atoms with van der Waals surface area (Å²) in [5, 5.41) is 16.0. The zero-order chi connectivity index (χ0) is 24.1. The number of hydrogen-bond acceptors (Lipinski definition) is 5.